The lowest BCUT2D eigenvalue weighted by Gasteiger charge is -2.26. The van der Waals surface area contributed by atoms with E-state index in [1.54, 1.807) is 12.4 Å². The zero-order valence-corrected chi connectivity index (χ0v) is 10.5. The first kappa shape index (κ1) is 12.5. The van der Waals surface area contributed by atoms with Crippen LogP contribution in [-0.4, -0.2) is 14.3 Å². The average molecular weight is 226 g/mol. The molecule has 0 bridgehead atoms. The normalized spacial score (nSPS) is 16.1. The van der Waals surface area contributed by atoms with E-state index in [1.165, 1.54) is 0 Å². The third-order valence-electron chi connectivity index (χ3n) is 2.05. The second-order valence-corrected chi connectivity index (χ2v) is 6.50. The van der Waals surface area contributed by atoms with Crippen LogP contribution in [0.2, 0.25) is 0 Å². The van der Waals surface area contributed by atoms with Crippen LogP contribution in [0.5, 0.6) is 0 Å². The van der Waals surface area contributed by atoms with Crippen LogP contribution in [0.3, 0.4) is 0 Å². The van der Waals surface area contributed by atoms with Crippen LogP contribution in [0.25, 0.3) is 0 Å². The van der Waals surface area contributed by atoms with Crippen molar-refractivity contribution in [2.45, 2.75) is 38.5 Å². The van der Waals surface area contributed by atoms with Crippen molar-refractivity contribution in [1.29, 1.82) is 0 Å². The minimum Gasteiger partial charge on any atom is -0.598 e. The van der Waals surface area contributed by atoms with Crippen molar-refractivity contribution in [2.75, 3.05) is 0 Å². The van der Waals surface area contributed by atoms with E-state index in [2.05, 4.69) is 9.71 Å². The molecule has 15 heavy (non-hydrogen) atoms. The van der Waals surface area contributed by atoms with Gasteiger partial charge in [0.05, 0.1) is 6.04 Å². The fourth-order valence-electron chi connectivity index (χ4n) is 1.06. The molecule has 3 nitrogen and oxygen atoms in total. The number of pyridine rings is 1. The summed E-state index contributed by atoms with van der Waals surface area (Å²) < 4.78 is 14.7. The van der Waals surface area contributed by atoms with Crippen molar-refractivity contribution < 1.29 is 4.55 Å². The molecule has 0 spiro atoms. The van der Waals surface area contributed by atoms with Gasteiger partial charge in [-0.15, -0.1) is 4.72 Å². The molecule has 1 aromatic rings. The monoisotopic (exact) mass is 226 g/mol. The van der Waals surface area contributed by atoms with Crippen LogP contribution >= 0.6 is 0 Å². The Morgan fingerprint density at radius 2 is 1.87 bits per heavy atom. The van der Waals surface area contributed by atoms with Gasteiger partial charge in [-0.05, 0) is 45.4 Å². The summed E-state index contributed by atoms with van der Waals surface area (Å²) in [5, 5.41) is 0. The number of nitrogens with one attached hydrogen (secondary N) is 1. The molecule has 0 aliphatic carbocycles. The molecule has 1 heterocycles. The zero-order chi connectivity index (χ0) is 11.5. The van der Waals surface area contributed by atoms with E-state index in [4.69, 9.17) is 0 Å². The van der Waals surface area contributed by atoms with Crippen molar-refractivity contribution in [3.63, 3.8) is 0 Å². The topological polar surface area (TPSA) is 48.0 Å². The Hall–Kier alpha value is -0.580. The summed E-state index contributed by atoms with van der Waals surface area (Å²) in [6.45, 7) is 7.86. The molecule has 1 rings (SSSR count). The Kier molecular flexibility index (Phi) is 4.13. The Morgan fingerprint density at radius 3 is 2.33 bits per heavy atom. The van der Waals surface area contributed by atoms with Gasteiger partial charge in [-0.3, -0.25) is 4.98 Å². The Labute approximate surface area is 94.6 Å². The predicted molar refractivity (Wildman–Crippen MR) is 63.7 cm³/mol. The first-order valence-electron chi connectivity index (χ1n) is 4.99. The third kappa shape index (κ3) is 3.81. The van der Waals surface area contributed by atoms with Gasteiger partial charge in [0.2, 0.25) is 0 Å². The smallest absolute Gasteiger partial charge is 0.136 e. The number of aromatic nitrogens is 1. The Bertz CT molecular complexity index is 297. The average Bonchev–Trinajstić information content (AvgIpc) is 2.17. The molecular formula is C11H18N2OS. The molecular weight excluding hydrogens is 208 g/mol. The maximum absolute atomic E-state index is 11.8. The van der Waals surface area contributed by atoms with E-state index in [0.29, 0.717) is 0 Å². The van der Waals surface area contributed by atoms with E-state index in [0.717, 1.165) is 5.56 Å². The summed E-state index contributed by atoms with van der Waals surface area (Å²) in [5.74, 6) is 0. The van der Waals surface area contributed by atoms with Gasteiger partial charge in [-0.25, -0.2) is 0 Å². The number of nitrogens with zero attached hydrogens (tertiary/aromatic N) is 1. The molecule has 0 unspecified atom stereocenters. The van der Waals surface area contributed by atoms with E-state index in [9.17, 15) is 4.55 Å². The van der Waals surface area contributed by atoms with Crippen molar-refractivity contribution in [3.05, 3.63) is 30.1 Å². The van der Waals surface area contributed by atoms with Gasteiger partial charge in [0.1, 0.15) is 4.75 Å². The quantitative estimate of drug-likeness (QED) is 0.804. The lowest BCUT2D eigenvalue weighted by Crippen LogP contribution is -2.40. The molecule has 0 saturated heterocycles. The van der Waals surface area contributed by atoms with Gasteiger partial charge in [0.15, 0.2) is 0 Å². The van der Waals surface area contributed by atoms with Crippen LogP contribution in [0.1, 0.15) is 39.3 Å². The number of hydrogen-bond acceptors (Lipinski definition) is 3. The third-order valence-corrected chi connectivity index (χ3v) is 3.73. The zero-order valence-electron chi connectivity index (χ0n) is 9.65. The molecule has 0 aliphatic rings. The van der Waals surface area contributed by atoms with Crippen molar-refractivity contribution in [1.82, 2.24) is 9.71 Å². The van der Waals surface area contributed by atoms with Crippen molar-refractivity contribution >= 4 is 11.4 Å². The summed E-state index contributed by atoms with van der Waals surface area (Å²) in [7, 11) is 0. The van der Waals surface area contributed by atoms with Crippen LogP contribution in [0, 0.1) is 0 Å². The van der Waals surface area contributed by atoms with Crippen LogP contribution in [0.4, 0.5) is 0 Å². The SMILES string of the molecule is C[C@@H](N[S@+]([O-])C(C)(C)C)c1ccncc1. The summed E-state index contributed by atoms with van der Waals surface area (Å²) in [4.78, 5) is 3.95. The minimum atomic E-state index is -1.04. The predicted octanol–water partition coefficient (Wildman–Crippen LogP) is 2.19. The Morgan fingerprint density at radius 1 is 1.33 bits per heavy atom. The van der Waals surface area contributed by atoms with Crippen molar-refractivity contribution in [2.24, 2.45) is 0 Å². The maximum Gasteiger partial charge on any atom is 0.136 e. The Balaban J connectivity index is 2.61. The van der Waals surface area contributed by atoms with Crippen LogP contribution < -0.4 is 4.72 Å². The highest BCUT2D eigenvalue weighted by atomic mass is 32.2. The molecule has 0 aromatic carbocycles. The molecule has 4 heteroatoms. The second-order valence-electron chi connectivity index (χ2n) is 4.50. The molecule has 0 radical (unpaired) electrons. The fraction of sp³-hybridized carbons (Fsp3) is 0.545. The first-order chi connectivity index (χ1) is 6.91. The summed E-state index contributed by atoms with van der Waals surface area (Å²) >= 11 is -1.04. The van der Waals surface area contributed by atoms with E-state index in [1.807, 2.05) is 39.8 Å². The lowest BCUT2D eigenvalue weighted by atomic mass is 10.1. The summed E-state index contributed by atoms with van der Waals surface area (Å²) in [6, 6.07) is 3.93. The van der Waals surface area contributed by atoms with Gasteiger partial charge in [0.25, 0.3) is 0 Å². The molecule has 0 aliphatic heterocycles. The maximum atomic E-state index is 11.8. The fourth-order valence-corrected chi connectivity index (χ4v) is 1.87. The van der Waals surface area contributed by atoms with Gasteiger partial charge < -0.3 is 4.55 Å². The van der Waals surface area contributed by atoms with Crippen LogP contribution in [0.15, 0.2) is 24.5 Å². The van der Waals surface area contributed by atoms with E-state index < -0.39 is 11.4 Å². The van der Waals surface area contributed by atoms with Crippen LogP contribution in [-0.2, 0) is 11.4 Å². The molecule has 0 amide bonds. The van der Waals surface area contributed by atoms with E-state index >= 15 is 0 Å². The first-order valence-corrected chi connectivity index (χ1v) is 6.14. The highest BCUT2D eigenvalue weighted by molar-refractivity contribution is 7.90. The van der Waals surface area contributed by atoms with Crippen molar-refractivity contribution in [3.8, 4) is 0 Å². The van der Waals surface area contributed by atoms with Gasteiger partial charge in [0, 0.05) is 23.8 Å². The molecule has 84 valence electrons. The standard InChI is InChI=1S/C11H18N2OS/c1-9(10-5-7-12-8-6-10)13-15(14)11(2,3)4/h5-9,13H,1-4H3/t9-,15-/m1/s1. The number of hydrogen-bond donors (Lipinski definition) is 1. The van der Waals surface area contributed by atoms with Gasteiger partial charge >= 0.3 is 0 Å². The summed E-state index contributed by atoms with van der Waals surface area (Å²) in [5.41, 5.74) is 1.10. The number of rotatable bonds is 3. The summed E-state index contributed by atoms with van der Waals surface area (Å²) in [6.07, 6.45) is 3.49. The minimum absolute atomic E-state index is 0.0769. The lowest BCUT2D eigenvalue weighted by molar-refractivity contribution is 0.531. The molecule has 0 saturated carbocycles. The highest BCUT2D eigenvalue weighted by Gasteiger charge is 2.28. The largest absolute Gasteiger partial charge is 0.598 e. The van der Waals surface area contributed by atoms with E-state index in [-0.39, 0.29) is 10.8 Å². The second kappa shape index (κ2) is 4.96. The highest BCUT2D eigenvalue weighted by Crippen LogP contribution is 2.18. The molecule has 1 N–H and O–H groups in total. The molecule has 0 fully saturated rings. The van der Waals surface area contributed by atoms with Gasteiger partial charge in [-0.1, -0.05) is 0 Å². The molecule has 2 atom stereocenters. The molecule has 1 aromatic heterocycles. The van der Waals surface area contributed by atoms with Gasteiger partial charge in [-0.2, -0.15) is 0 Å².